The van der Waals surface area contributed by atoms with Crippen molar-refractivity contribution in [3.63, 3.8) is 0 Å². The molecule has 34 heavy (non-hydrogen) atoms. The number of amides is 2. The highest BCUT2D eigenvalue weighted by Gasteiger charge is 2.28. The summed E-state index contributed by atoms with van der Waals surface area (Å²) in [7, 11) is 0. The van der Waals surface area contributed by atoms with E-state index < -0.39 is 12.0 Å². The molecule has 0 saturated carbocycles. The summed E-state index contributed by atoms with van der Waals surface area (Å²) in [6.45, 7) is 0.364. The lowest BCUT2D eigenvalue weighted by molar-refractivity contribution is -0.129. The van der Waals surface area contributed by atoms with Crippen LogP contribution in [0.5, 0.6) is 0 Å². The van der Waals surface area contributed by atoms with Crippen LogP contribution in [0, 0.1) is 0 Å². The molecule has 5 nitrogen and oxygen atoms in total. The van der Waals surface area contributed by atoms with Gasteiger partial charge in [-0.2, -0.15) is 0 Å². The molecule has 170 valence electrons. The molecule has 0 aliphatic rings. The van der Waals surface area contributed by atoms with Gasteiger partial charge in [0.2, 0.25) is 11.8 Å². The van der Waals surface area contributed by atoms with Gasteiger partial charge in [-0.25, -0.2) is 0 Å². The standard InChI is InChI=1S/C29H27N3O2/c33-28(31-21-23-16-18-30-19-17-23)26(20-22-10-4-1-5-11-22)32-29(34)27(24-12-6-2-7-13-24)25-14-8-3-9-15-25/h1-19,26-27H,20-21H2,(H,31,33)(H,32,34). The summed E-state index contributed by atoms with van der Waals surface area (Å²) >= 11 is 0. The lowest BCUT2D eigenvalue weighted by atomic mass is 9.90. The summed E-state index contributed by atoms with van der Waals surface area (Å²) in [6, 6.07) is 32.0. The van der Waals surface area contributed by atoms with Crippen LogP contribution < -0.4 is 10.6 Å². The number of nitrogens with one attached hydrogen (secondary N) is 2. The van der Waals surface area contributed by atoms with Gasteiger partial charge in [-0.15, -0.1) is 0 Å². The Hall–Kier alpha value is -4.25. The van der Waals surface area contributed by atoms with Gasteiger partial charge in [0, 0.05) is 25.4 Å². The van der Waals surface area contributed by atoms with Gasteiger partial charge in [-0.3, -0.25) is 14.6 Å². The number of benzene rings is 3. The van der Waals surface area contributed by atoms with E-state index in [9.17, 15) is 9.59 Å². The molecular formula is C29H27N3O2. The molecule has 0 spiro atoms. The normalized spacial score (nSPS) is 11.6. The van der Waals surface area contributed by atoms with Crippen molar-refractivity contribution in [1.82, 2.24) is 15.6 Å². The van der Waals surface area contributed by atoms with E-state index in [4.69, 9.17) is 0 Å². The Morgan fingerprint density at radius 1 is 0.647 bits per heavy atom. The minimum absolute atomic E-state index is 0.211. The molecule has 4 aromatic rings. The van der Waals surface area contributed by atoms with Crippen LogP contribution in [-0.2, 0) is 22.6 Å². The van der Waals surface area contributed by atoms with E-state index in [1.807, 2.05) is 103 Å². The minimum Gasteiger partial charge on any atom is -0.350 e. The van der Waals surface area contributed by atoms with Crippen molar-refractivity contribution in [3.8, 4) is 0 Å². The van der Waals surface area contributed by atoms with E-state index in [1.54, 1.807) is 12.4 Å². The Balaban J connectivity index is 1.57. The zero-order valence-electron chi connectivity index (χ0n) is 18.8. The molecule has 1 atom stereocenters. The maximum atomic E-state index is 13.6. The van der Waals surface area contributed by atoms with Gasteiger partial charge in [0.15, 0.2) is 0 Å². The second-order valence-electron chi connectivity index (χ2n) is 8.08. The molecule has 1 unspecified atom stereocenters. The monoisotopic (exact) mass is 449 g/mol. The zero-order chi connectivity index (χ0) is 23.6. The third-order valence-corrected chi connectivity index (χ3v) is 5.66. The van der Waals surface area contributed by atoms with Crippen molar-refractivity contribution in [1.29, 1.82) is 0 Å². The minimum atomic E-state index is -0.716. The first-order chi connectivity index (χ1) is 16.7. The van der Waals surface area contributed by atoms with E-state index in [1.165, 1.54) is 0 Å². The number of nitrogens with zero attached hydrogens (tertiary/aromatic N) is 1. The van der Waals surface area contributed by atoms with Gasteiger partial charge < -0.3 is 10.6 Å². The third-order valence-electron chi connectivity index (χ3n) is 5.66. The summed E-state index contributed by atoms with van der Waals surface area (Å²) < 4.78 is 0. The van der Waals surface area contributed by atoms with Crippen LogP contribution in [0.3, 0.4) is 0 Å². The van der Waals surface area contributed by atoms with Crippen molar-refractivity contribution < 1.29 is 9.59 Å². The Bertz CT molecular complexity index is 1140. The van der Waals surface area contributed by atoms with Gasteiger partial charge in [0.05, 0.1) is 5.92 Å². The molecule has 2 amide bonds. The largest absolute Gasteiger partial charge is 0.350 e. The molecule has 4 rings (SSSR count). The van der Waals surface area contributed by atoms with Gasteiger partial charge in [-0.05, 0) is 34.4 Å². The van der Waals surface area contributed by atoms with Crippen molar-refractivity contribution in [2.24, 2.45) is 0 Å². The maximum absolute atomic E-state index is 13.6. The number of carbonyl (C=O) groups excluding carboxylic acids is 2. The summed E-state index contributed by atoms with van der Waals surface area (Å²) in [5.74, 6) is -0.958. The molecule has 1 aromatic heterocycles. The number of pyridine rings is 1. The molecule has 0 radical (unpaired) electrons. The zero-order valence-corrected chi connectivity index (χ0v) is 18.8. The second kappa shape index (κ2) is 11.6. The first-order valence-corrected chi connectivity index (χ1v) is 11.3. The van der Waals surface area contributed by atoms with E-state index >= 15 is 0 Å². The van der Waals surface area contributed by atoms with Crippen molar-refractivity contribution in [2.45, 2.75) is 24.9 Å². The van der Waals surface area contributed by atoms with Gasteiger partial charge in [-0.1, -0.05) is 91.0 Å². The predicted octanol–water partition coefficient (Wildman–Crippen LogP) is 4.26. The molecule has 0 saturated heterocycles. The average molecular weight is 450 g/mol. The number of carbonyl (C=O) groups is 2. The summed E-state index contributed by atoms with van der Waals surface area (Å²) in [5, 5.41) is 6.00. The molecule has 3 aromatic carbocycles. The first kappa shape index (κ1) is 22.9. The van der Waals surface area contributed by atoms with Crippen LogP contribution in [0.2, 0.25) is 0 Å². The lowest BCUT2D eigenvalue weighted by Crippen LogP contribution is -2.49. The van der Waals surface area contributed by atoms with Crippen LogP contribution in [0.15, 0.2) is 116 Å². The molecule has 2 N–H and O–H groups in total. The van der Waals surface area contributed by atoms with Crippen LogP contribution >= 0.6 is 0 Å². The van der Waals surface area contributed by atoms with Crippen molar-refractivity contribution in [2.75, 3.05) is 0 Å². The van der Waals surface area contributed by atoms with E-state index in [-0.39, 0.29) is 11.8 Å². The number of rotatable bonds is 9. The molecule has 5 heteroatoms. The number of hydrogen-bond donors (Lipinski definition) is 2. The quantitative estimate of drug-likeness (QED) is 0.401. The van der Waals surface area contributed by atoms with Crippen LogP contribution in [-0.4, -0.2) is 22.8 Å². The highest BCUT2D eigenvalue weighted by molar-refractivity contribution is 5.92. The van der Waals surface area contributed by atoms with E-state index in [2.05, 4.69) is 15.6 Å². The molecule has 1 heterocycles. The molecule has 0 aliphatic heterocycles. The Morgan fingerprint density at radius 2 is 1.18 bits per heavy atom. The fraction of sp³-hybridized carbons (Fsp3) is 0.138. The Labute approximate surface area is 199 Å². The molecular weight excluding hydrogens is 422 g/mol. The highest BCUT2D eigenvalue weighted by atomic mass is 16.2. The number of aromatic nitrogens is 1. The van der Waals surface area contributed by atoms with Gasteiger partial charge >= 0.3 is 0 Å². The van der Waals surface area contributed by atoms with Gasteiger partial charge in [0.25, 0.3) is 0 Å². The summed E-state index contributed by atoms with van der Waals surface area (Å²) in [5.41, 5.74) is 3.67. The fourth-order valence-electron chi connectivity index (χ4n) is 3.91. The van der Waals surface area contributed by atoms with Crippen molar-refractivity contribution >= 4 is 11.8 Å². The maximum Gasteiger partial charge on any atom is 0.243 e. The summed E-state index contributed by atoms with van der Waals surface area (Å²) in [6.07, 6.45) is 3.77. The summed E-state index contributed by atoms with van der Waals surface area (Å²) in [4.78, 5) is 30.8. The highest BCUT2D eigenvalue weighted by Crippen LogP contribution is 2.25. The average Bonchev–Trinajstić information content (AvgIpc) is 2.89. The van der Waals surface area contributed by atoms with Crippen LogP contribution in [0.1, 0.15) is 28.2 Å². The predicted molar refractivity (Wildman–Crippen MR) is 133 cm³/mol. The smallest absolute Gasteiger partial charge is 0.243 e. The fourth-order valence-corrected chi connectivity index (χ4v) is 3.91. The van der Waals surface area contributed by atoms with Crippen LogP contribution in [0.25, 0.3) is 0 Å². The molecule has 0 aliphatic carbocycles. The van der Waals surface area contributed by atoms with Gasteiger partial charge in [0.1, 0.15) is 6.04 Å². The number of hydrogen-bond acceptors (Lipinski definition) is 3. The molecule has 0 bridgehead atoms. The Kier molecular flexibility index (Phi) is 7.80. The van der Waals surface area contributed by atoms with E-state index in [0.717, 1.165) is 22.3 Å². The molecule has 0 fully saturated rings. The first-order valence-electron chi connectivity index (χ1n) is 11.3. The second-order valence-corrected chi connectivity index (χ2v) is 8.08. The Morgan fingerprint density at radius 3 is 1.74 bits per heavy atom. The topological polar surface area (TPSA) is 71.1 Å². The lowest BCUT2D eigenvalue weighted by Gasteiger charge is -2.23. The van der Waals surface area contributed by atoms with Crippen LogP contribution in [0.4, 0.5) is 0 Å². The van der Waals surface area contributed by atoms with Crippen molar-refractivity contribution in [3.05, 3.63) is 138 Å². The van der Waals surface area contributed by atoms with E-state index in [0.29, 0.717) is 13.0 Å². The SMILES string of the molecule is O=C(NCc1ccncc1)C(Cc1ccccc1)NC(=O)C(c1ccccc1)c1ccccc1. The third kappa shape index (κ3) is 6.17.